The normalized spacial score (nSPS) is 11.6. The van der Waals surface area contributed by atoms with Gasteiger partial charge in [0.2, 0.25) is 5.88 Å². The van der Waals surface area contributed by atoms with Gasteiger partial charge in [0.15, 0.2) is 0 Å². The number of nitrogens with two attached hydrogens (primary N) is 1. The van der Waals surface area contributed by atoms with E-state index >= 15 is 0 Å². The van der Waals surface area contributed by atoms with Crippen molar-refractivity contribution >= 4 is 5.69 Å². The molecule has 0 amide bonds. The van der Waals surface area contributed by atoms with E-state index in [0.717, 1.165) is 5.56 Å². The van der Waals surface area contributed by atoms with Gasteiger partial charge in [-0.3, -0.25) is 0 Å². The van der Waals surface area contributed by atoms with Gasteiger partial charge in [-0.1, -0.05) is 30.3 Å². The Kier molecular flexibility index (Phi) is 3.44. The van der Waals surface area contributed by atoms with Crippen LogP contribution in [0.15, 0.2) is 42.6 Å². The third-order valence-electron chi connectivity index (χ3n) is 2.63. The van der Waals surface area contributed by atoms with E-state index < -0.39 is 0 Å². The third kappa shape index (κ3) is 2.41. The van der Waals surface area contributed by atoms with E-state index in [1.54, 1.807) is 6.07 Å². The van der Waals surface area contributed by atoms with E-state index in [2.05, 4.69) is 4.98 Å². The zero-order valence-corrected chi connectivity index (χ0v) is 10.00. The first-order valence-corrected chi connectivity index (χ1v) is 5.58. The zero-order valence-electron chi connectivity index (χ0n) is 10.00. The van der Waals surface area contributed by atoms with E-state index in [4.69, 9.17) is 15.7 Å². The summed E-state index contributed by atoms with van der Waals surface area (Å²) in [5.41, 5.74) is 7.49. The second-order valence-corrected chi connectivity index (χ2v) is 3.86. The number of hydrogen-bond acceptors (Lipinski definition) is 4. The Morgan fingerprint density at radius 2 is 2.00 bits per heavy atom. The van der Waals surface area contributed by atoms with Crippen LogP contribution in [0.3, 0.4) is 0 Å². The molecule has 1 heterocycles. The van der Waals surface area contributed by atoms with Crippen molar-refractivity contribution in [1.82, 2.24) is 4.98 Å². The summed E-state index contributed by atoms with van der Waals surface area (Å²) in [5, 5.41) is 8.88. The van der Waals surface area contributed by atoms with E-state index in [9.17, 15) is 0 Å². The van der Waals surface area contributed by atoms with Crippen LogP contribution in [0, 0.1) is 11.3 Å². The Morgan fingerprint density at radius 3 is 2.67 bits per heavy atom. The highest BCUT2D eigenvalue weighted by molar-refractivity contribution is 5.59. The number of nitrogens with zero attached hydrogens (tertiary/aromatic N) is 2. The Labute approximate surface area is 106 Å². The average molecular weight is 239 g/mol. The molecule has 0 radical (unpaired) electrons. The first-order chi connectivity index (χ1) is 8.72. The molecule has 0 saturated heterocycles. The van der Waals surface area contributed by atoms with Crippen molar-refractivity contribution in [1.29, 1.82) is 5.26 Å². The highest BCUT2D eigenvalue weighted by Gasteiger charge is 2.12. The van der Waals surface area contributed by atoms with E-state index in [-0.39, 0.29) is 11.8 Å². The molecule has 1 unspecified atom stereocenters. The maximum absolute atomic E-state index is 8.88. The van der Waals surface area contributed by atoms with Crippen LogP contribution in [-0.4, -0.2) is 4.98 Å². The predicted octanol–water partition coefficient (Wildman–Crippen LogP) is 2.68. The maximum atomic E-state index is 8.88. The molecule has 18 heavy (non-hydrogen) atoms. The number of aromatic nitrogens is 1. The van der Waals surface area contributed by atoms with Crippen molar-refractivity contribution in [2.24, 2.45) is 0 Å². The standard InChI is InChI=1S/C14H13N3O/c1-10(11-5-3-2-4-6-11)18-14-13(16)12(9-15)7-8-17-14/h2-8,10H,16H2,1H3. The molecule has 0 fully saturated rings. The van der Waals surface area contributed by atoms with Crippen molar-refractivity contribution < 1.29 is 4.74 Å². The SMILES string of the molecule is CC(Oc1nccc(C#N)c1N)c1ccccc1. The molecule has 1 aromatic heterocycles. The van der Waals surface area contributed by atoms with Gasteiger partial charge in [0.25, 0.3) is 0 Å². The van der Waals surface area contributed by atoms with Crippen LogP contribution in [-0.2, 0) is 0 Å². The van der Waals surface area contributed by atoms with Crippen LogP contribution >= 0.6 is 0 Å². The molecule has 1 aromatic carbocycles. The first kappa shape index (κ1) is 11.9. The fourth-order valence-electron chi connectivity index (χ4n) is 1.60. The minimum Gasteiger partial charge on any atom is -0.468 e. The molecular weight excluding hydrogens is 226 g/mol. The summed E-state index contributed by atoms with van der Waals surface area (Å²) in [7, 11) is 0. The predicted molar refractivity (Wildman–Crippen MR) is 68.8 cm³/mol. The lowest BCUT2D eigenvalue weighted by Crippen LogP contribution is -2.07. The van der Waals surface area contributed by atoms with Gasteiger partial charge in [-0.15, -0.1) is 0 Å². The van der Waals surface area contributed by atoms with E-state index in [0.29, 0.717) is 11.4 Å². The van der Waals surface area contributed by atoms with Gasteiger partial charge in [-0.05, 0) is 18.6 Å². The van der Waals surface area contributed by atoms with Crippen molar-refractivity contribution in [2.45, 2.75) is 13.0 Å². The molecule has 4 nitrogen and oxygen atoms in total. The van der Waals surface area contributed by atoms with E-state index in [1.165, 1.54) is 6.20 Å². The number of hydrogen-bond donors (Lipinski definition) is 1. The lowest BCUT2D eigenvalue weighted by Gasteiger charge is -2.15. The molecule has 90 valence electrons. The molecule has 0 aliphatic rings. The van der Waals surface area contributed by atoms with Crippen LogP contribution < -0.4 is 10.5 Å². The Bertz CT molecular complexity index is 575. The summed E-state index contributed by atoms with van der Waals surface area (Å²) in [5.74, 6) is 0.297. The number of ether oxygens (including phenoxy) is 1. The molecule has 2 N–H and O–H groups in total. The first-order valence-electron chi connectivity index (χ1n) is 5.58. The Morgan fingerprint density at radius 1 is 1.28 bits per heavy atom. The highest BCUT2D eigenvalue weighted by Crippen LogP contribution is 2.26. The largest absolute Gasteiger partial charge is 0.468 e. The number of nitrogen functional groups attached to an aromatic ring is 1. The van der Waals surface area contributed by atoms with Gasteiger partial charge < -0.3 is 10.5 Å². The smallest absolute Gasteiger partial charge is 0.239 e. The Balaban J connectivity index is 2.23. The second kappa shape index (κ2) is 5.19. The second-order valence-electron chi connectivity index (χ2n) is 3.86. The Hall–Kier alpha value is -2.54. The monoisotopic (exact) mass is 239 g/mol. The molecule has 2 aromatic rings. The minimum absolute atomic E-state index is 0.171. The fraction of sp³-hybridized carbons (Fsp3) is 0.143. The van der Waals surface area contributed by atoms with Crippen LogP contribution in [0.5, 0.6) is 5.88 Å². The summed E-state index contributed by atoms with van der Waals surface area (Å²) in [6.07, 6.45) is 1.34. The van der Waals surface area contributed by atoms with Crippen LogP contribution in [0.2, 0.25) is 0 Å². The lowest BCUT2D eigenvalue weighted by molar-refractivity contribution is 0.219. The molecule has 2 rings (SSSR count). The summed E-state index contributed by atoms with van der Waals surface area (Å²) in [4.78, 5) is 4.05. The van der Waals surface area contributed by atoms with Gasteiger partial charge in [0.1, 0.15) is 17.9 Å². The number of benzene rings is 1. The lowest BCUT2D eigenvalue weighted by atomic mass is 10.1. The topological polar surface area (TPSA) is 71.9 Å². The number of rotatable bonds is 3. The molecule has 1 atom stereocenters. The summed E-state index contributed by atoms with van der Waals surface area (Å²) in [6.45, 7) is 1.91. The van der Waals surface area contributed by atoms with Crippen LogP contribution in [0.4, 0.5) is 5.69 Å². The van der Waals surface area contributed by atoms with E-state index in [1.807, 2.05) is 43.3 Å². The van der Waals surface area contributed by atoms with Crippen molar-refractivity contribution in [3.8, 4) is 11.9 Å². The van der Waals surface area contributed by atoms with Gasteiger partial charge >= 0.3 is 0 Å². The molecule has 0 bridgehead atoms. The molecule has 0 aliphatic heterocycles. The molecular formula is C14H13N3O. The number of anilines is 1. The fourth-order valence-corrected chi connectivity index (χ4v) is 1.60. The van der Waals surface area contributed by atoms with Crippen molar-refractivity contribution in [3.05, 3.63) is 53.7 Å². The number of pyridine rings is 1. The van der Waals surface area contributed by atoms with Crippen LogP contribution in [0.25, 0.3) is 0 Å². The van der Waals surface area contributed by atoms with Crippen LogP contribution in [0.1, 0.15) is 24.2 Å². The van der Waals surface area contributed by atoms with Gasteiger partial charge in [0.05, 0.1) is 5.56 Å². The summed E-state index contributed by atoms with van der Waals surface area (Å²) < 4.78 is 5.69. The highest BCUT2D eigenvalue weighted by atomic mass is 16.5. The zero-order chi connectivity index (χ0) is 13.0. The number of nitriles is 1. The van der Waals surface area contributed by atoms with Gasteiger partial charge in [-0.25, -0.2) is 4.98 Å². The maximum Gasteiger partial charge on any atom is 0.239 e. The minimum atomic E-state index is -0.171. The van der Waals surface area contributed by atoms with Gasteiger partial charge in [-0.2, -0.15) is 5.26 Å². The molecule has 0 spiro atoms. The summed E-state index contributed by atoms with van der Waals surface area (Å²) >= 11 is 0. The molecule has 4 heteroatoms. The van der Waals surface area contributed by atoms with Crippen molar-refractivity contribution in [2.75, 3.05) is 5.73 Å². The summed E-state index contributed by atoms with van der Waals surface area (Å²) in [6, 6.07) is 13.3. The van der Waals surface area contributed by atoms with Gasteiger partial charge in [0, 0.05) is 6.20 Å². The third-order valence-corrected chi connectivity index (χ3v) is 2.63. The molecule has 0 aliphatic carbocycles. The average Bonchev–Trinajstić information content (AvgIpc) is 2.42. The molecule has 0 saturated carbocycles. The quantitative estimate of drug-likeness (QED) is 0.893. The van der Waals surface area contributed by atoms with Crippen molar-refractivity contribution in [3.63, 3.8) is 0 Å².